The molecule has 0 heterocycles. The summed E-state index contributed by atoms with van der Waals surface area (Å²) in [6, 6.07) is 0. The Balaban J connectivity index is 2.61. The fourth-order valence-corrected chi connectivity index (χ4v) is 7.07. The van der Waals surface area contributed by atoms with E-state index in [0.717, 1.165) is 51.4 Å². The number of esters is 2. The first kappa shape index (κ1) is 60.2. The quantitative estimate of drug-likeness (QED) is 0.0103. The van der Waals surface area contributed by atoms with Gasteiger partial charge in [-0.3, -0.25) is 18.6 Å². The molecule has 1 rings (SSSR count). The van der Waals surface area contributed by atoms with Crippen LogP contribution in [0.5, 0.6) is 0 Å². The number of carbonyl (C=O) groups excluding carboxylic acids is 2. The predicted molar refractivity (Wildman–Crippen MR) is 259 cm³/mol. The van der Waals surface area contributed by atoms with Crippen LogP contribution in [-0.2, 0) is 32.7 Å². The van der Waals surface area contributed by atoms with Gasteiger partial charge in [-0.05, 0) is 83.5 Å². The summed E-state index contributed by atoms with van der Waals surface area (Å²) < 4.78 is 33.3. The number of phosphoric acid groups is 1. The molecule has 1 saturated carbocycles. The van der Waals surface area contributed by atoms with Crippen molar-refractivity contribution in [3.8, 4) is 0 Å². The lowest BCUT2D eigenvalue weighted by atomic mass is 9.85. The highest BCUT2D eigenvalue weighted by molar-refractivity contribution is 7.47. The summed E-state index contributed by atoms with van der Waals surface area (Å²) in [4.78, 5) is 35.7. The first-order valence-electron chi connectivity index (χ1n) is 23.4. The lowest BCUT2D eigenvalue weighted by Crippen LogP contribution is -2.64. The van der Waals surface area contributed by atoms with Crippen molar-refractivity contribution in [1.82, 2.24) is 0 Å². The van der Waals surface area contributed by atoms with Crippen molar-refractivity contribution in [2.24, 2.45) is 0 Å². The van der Waals surface area contributed by atoms with Gasteiger partial charge in [-0.1, -0.05) is 148 Å². The van der Waals surface area contributed by atoms with Crippen LogP contribution in [0.15, 0.2) is 122 Å². The third-order valence-electron chi connectivity index (χ3n) is 9.90. The summed E-state index contributed by atoms with van der Waals surface area (Å²) in [6.45, 7) is 2.88. The molecule has 7 N–H and O–H groups in total. The number of unbranched alkanes of at least 4 members (excludes halogenated alkanes) is 4. The zero-order valence-electron chi connectivity index (χ0n) is 39.0. The second-order valence-corrected chi connectivity index (χ2v) is 17.1. The molecule has 0 aromatic heterocycles. The molecule has 1 aliphatic carbocycles. The van der Waals surface area contributed by atoms with Crippen molar-refractivity contribution < 1.29 is 68.2 Å². The summed E-state index contributed by atoms with van der Waals surface area (Å²) in [5.74, 6) is -1.46. The molecule has 0 bridgehead atoms. The van der Waals surface area contributed by atoms with Gasteiger partial charge in [0.2, 0.25) is 0 Å². The van der Waals surface area contributed by atoms with Crippen LogP contribution in [0.2, 0.25) is 0 Å². The molecule has 0 spiro atoms. The van der Waals surface area contributed by atoms with Gasteiger partial charge in [-0.2, -0.15) is 0 Å². The Morgan fingerprint density at radius 2 is 1.03 bits per heavy atom. The summed E-state index contributed by atoms with van der Waals surface area (Å²) in [6.07, 6.45) is 38.6. The third-order valence-corrected chi connectivity index (χ3v) is 10.9. The second-order valence-electron chi connectivity index (χ2n) is 15.7. The SMILES string of the molecule is CC/C=C\C/C=C\C/C=C\C/C=C\C/C=C\C=C/C(O)CCC(=O)OC[C@H](COP(=O)(O)OC1[C@H](O)[C@H](O)C(O)[C@H](O)[C@H]1O)OC(=O)CCC/C=C\C/C=C\C/C=C\C/C=C\CCCCC. The normalized spacial score (nSPS) is 22.9. The maximum absolute atomic E-state index is 12.8. The van der Waals surface area contributed by atoms with Crippen molar-refractivity contribution in [3.05, 3.63) is 122 Å². The topological polar surface area (TPSA) is 230 Å². The molecule has 14 nitrogen and oxygen atoms in total. The Kier molecular flexibility index (Phi) is 35.8. The Morgan fingerprint density at radius 1 is 0.561 bits per heavy atom. The molecule has 0 aromatic rings. The first-order valence-corrected chi connectivity index (χ1v) is 24.9. The van der Waals surface area contributed by atoms with E-state index in [9.17, 15) is 49.7 Å². The minimum atomic E-state index is -5.20. The van der Waals surface area contributed by atoms with Gasteiger partial charge in [-0.25, -0.2) is 4.57 Å². The van der Waals surface area contributed by atoms with E-state index >= 15 is 0 Å². The number of phosphoric ester groups is 1. The van der Waals surface area contributed by atoms with E-state index in [2.05, 4.69) is 92.8 Å². The van der Waals surface area contributed by atoms with Crippen molar-refractivity contribution >= 4 is 19.8 Å². The van der Waals surface area contributed by atoms with Gasteiger partial charge in [0.15, 0.2) is 6.10 Å². The Morgan fingerprint density at radius 3 is 1.55 bits per heavy atom. The first-order chi connectivity index (χ1) is 31.8. The summed E-state index contributed by atoms with van der Waals surface area (Å²) in [5, 5.41) is 60.5. The summed E-state index contributed by atoms with van der Waals surface area (Å²) >= 11 is 0. The molecule has 0 aromatic carbocycles. The van der Waals surface area contributed by atoms with Crippen molar-refractivity contribution in [2.45, 2.75) is 172 Å². The van der Waals surface area contributed by atoms with Crippen LogP contribution < -0.4 is 0 Å². The standard InChI is InChI=1S/C51H79O14P/c1-3-5-7-9-11-13-15-17-19-21-23-25-27-29-31-33-35-37-45(54)64-43(41-63-66(60,61)65-51-49(58)47(56)46(55)48(57)50(51)59)40-62-44(53)39-38-42(52)36-34-32-30-28-26-24-22-20-18-16-14-12-10-8-6-4-2/h6,8,11-14,17-20,23-26,29-32,34,36,42-43,46-52,55-59H,3-5,7,9-10,15-16,21-22,27-28,33,35,37-41H2,1-2H3,(H,60,61)/b8-6-,13-11-,14-12-,19-17-,20-18-,25-23-,26-24-,31-29-,32-30-,36-34-/t42?,43-,46?,47-,48+,49-,50-,51?/m1/s1. The lowest BCUT2D eigenvalue weighted by Gasteiger charge is -2.41. The average molecular weight is 947 g/mol. The van der Waals surface area contributed by atoms with E-state index in [1.165, 1.54) is 25.3 Å². The Bertz CT molecular complexity index is 1630. The highest BCUT2D eigenvalue weighted by atomic mass is 31.2. The monoisotopic (exact) mass is 947 g/mol. The Labute approximate surface area is 393 Å². The lowest BCUT2D eigenvalue weighted by molar-refractivity contribution is -0.220. The zero-order chi connectivity index (χ0) is 48.7. The fourth-order valence-electron chi connectivity index (χ4n) is 6.09. The molecular formula is C51H79O14P. The van der Waals surface area contributed by atoms with Crippen LogP contribution in [0.25, 0.3) is 0 Å². The number of hydrogen-bond acceptors (Lipinski definition) is 13. The molecule has 0 saturated heterocycles. The van der Waals surface area contributed by atoms with Gasteiger partial charge in [0.25, 0.3) is 0 Å². The van der Waals surface area contributed by atoms with Crippen LogP contribution in [-0.4, -0.2) is 110 Å². The van der Waals surface area contributed by atoms with Crippen LogP contribution >= 0.6 is 7.82 Å². The molecule has 0 amide bonds. The second kappa shape index (κ2) is 39.2. The van der Waals surface area contributed by atoms with E-state index in [1.807, 2.05) is 24.3 Å². The highest BCUT2D eigenvalue weighted by Crippen LogP contribution is 2.47. The molecule has 4 unspecified atom stereocenters. The van der Waals surface area contributed by atoms with Gasteiger partial charge >= 0.3 is 19.8 Å². The van der Waals surface area contributed by atoms with Crippen LogP contribution in [0.1, 0.15) is 123 Å². The molecule has 372 valence electrons. The van der Waals surface area contributed by atoms with Crippen LogP contribution in [0.3, 0.4) is 0 Å². The van der Waals surface area contributed by atoms with Gasteiger partial charge in [0, 0.05) is 12.8 Å². The fraction of sp³-hybridized carbons (Fsp3) is 0.569. The number of aliphatic hydroxyl groups is 6. The van der Waals surface area contributed by atoms with Gasteiger partial charge in [0.1, 0.15) is 43.2 Å². The molecule has 66 heavy (non-hydrogen) atoms. The zero-order valence-corrected chi connectivity index (χ0v) is 39.9. The van der Waals surface area contributed by atoms with E-state index in [1.54, 1.807) is 12.2 Å². The highest BCUT2D eigenvalue weighted by Gasteiger charge is 2.51. The Hall–Kier alpha value is -3.79. The van der Waals surface area contributed by atoms with Crippen molar-refractivity contribution in [3.63, 3.8) is 0 Å². The van der Waals surface area contributed by atoms with E-state index in [0.29, 0.717) is 19.3 Å². The number of hydrogen-bond donors (Lipinski definition) is 7. The van der Waals surface area contributed by atoms with E-state index in [-0.39, 0.29) is 19.3 Å². The minimum absolute atomic E-state index is 0.0244. The molecular weight excluding hydrogens is 868 g/mol. The molecule has 15 heteroatoms. The number of carbonyl (C=O) groups is 2. The average Bonchev–Trinajstić information content (AvgIpc) is 3.30. The molecule has 9 atom stereocenters. The molecule has 1 fully saturated rings. The molecule has 0 aliphatic heterocycles. The predicted octanol–water partition coefficient (Wildman–Crippen LogP) is 8.36. The van der Waals surface area contributed by atoms with Gasteiger partial charge in [-0.15, -0.1) is 0 Å². The summed E-state index contributed by atoms with van der Waals surface area (Å²) in [7, 11) is -5.20. The largest absolute Gasteiger partial charge is 0.472 e. The van der Waals surface area contributed by atoms with Gasteiger partial charge < -0.3 is 45.0 Å². The maximum Gasteiger partial charge on any atom is 0.472 e. The molecule has 1 aliphatic rings. The van der Waals surface area contributed by atoms with E-state index < -0.39 is 81.8 Å². The maximum atomic E-state index is 12.8. The minimum Gasteiger partial charge on any atom is -0.462 e. The number of rotatable bonds is 36. The summed E-state index contributed by atoms with van der Waals surface area (Å²) in [5.41, 5.74) is 0. The number of ether oxygens (including phenoxy) is 2. The number of allylic oxidation sites excluding steroid dienone is 19. The van der Waals surface area contributed by atoms with Crippen molar-refractivity contribution in [2.75, 3.05) is 13.2 Å². The van der Waals surface area contributed by atoms with E-state index in [4.69, 9.17) is 18.5 Å². The number of aliphatic hydroxyl groups excluding tert-OH is 6. The van der Waals surface area contributed by atoms with Crippen LogP contribution in [0, 0.1) is 0 Å². The van der Waals surface area contributed by atoms with Crippen molar-refractivity contribution in [1.29, 1.82) is 0 Å². The smallest absolute Gasteiger partial charge is 0.462 e. The third kappa shape index (κ3) is 31.2. The van der Waals surface area contributed by atoms with Gasteiger partial charge in [0.05, 0.1) is 12.7 Å². The van der Waals surface area contributed by atoms with Crippen LogP contribution in [0.4, 0.5) is 0 Å². The molecule has 0 radical (unpaired) electrons.